The molecule has 0 spiro atoms. The summed E-state index contributed by atoms with van der Waals surface area (Å²) in [6, 6.07) is 0. The van der Waals surface area contributed by atoms with Gasteiger partial charge in [0.1, 0.15) is 0 Å². The fourth-order valence-corrected chi connectivity index (χ4v) is 1.64. The second-order valence-corrected chi connectivity index (χ2v) is 5.82. The van der Waals surface area contributed by atoms with Crippen LogP contribution in [0.3, 0.4) is 0 Å². The number of carboxylic acid groups (broad SMARTS) is 2. The number of rotatable bonds is 10. The summed E-state index contributed by atoms with van der Waals surface area (Å²) in [6.45, 7) is 6.11. The lowest BCUT2D eigenvalue weighted by Gasteiger charge is -2.17. The van der Waals surface area contributed by atoms with Gasteiger partial charge in [0, 0.05) is 18.3 Å². The van der Waals surface area contributed by atoms with Crippen molar-refractivity contribution in [1.29, 1.82) is 0 Å². The molecule has 0 aliphatic rings. The molecular weight excluding hydrogens is 324 g/mol. The molecule has 2 N–H and O–H groups in total. The van der Waals surface area contributed by atoms with Crippen LogP contribution in [0.2, 0.25) is 0 Å². The van der Waals surface area contributed by atoms with Gasteiger partial charge in [0.2, 0.25) is 18.0 Å². The first-order valence-corrected chi connectivity index (χ1v) is 7.36. The summed E-state index contributed by atoms with van der Waals surface area (Å²) >= 11 is 0. The van der Waals surface area contributed by atoms with Crippen LogP contribution < -0.4 is 0 Å². The second kappa shape index (κ2) is 9.64. The zero-order valence-corrected chi connectivity index (χ0v) is 14.0. The van der Waals surface area contributed by atoms with E-state index in [-0.39, 0.29) is 0 Å². The van der Waals surface area contributed by atoms with E-state index < -0.39 is 66.5 Å². The highest BCUT2D eigenvalue weighted by Crippen LogP contribution is 2.11. The van der Waals surface area contributed by atoms with Gasteiger partial charge in [-0.05, 0) is 0 Å². The van der Waals surface area contributed by atoms with E-state index in [0.29, 0.717) is 0 Å². The molecular formula is C15H22O9. The van der Waals surface area contributed by atoms with Crippen LogP contribution >= 0.6 is 0 Å². The highest BCUT2D eigenvalue weighted by Gasteiger charge is 2.30. The minimum atomic E-state index is -1.47. The van der Waals surface area contributed by atoms with Gasteiger partial charge in [0.05, 0.1) is 6.42 Å². The van der Waals surface area contributed by atoms with Crippen molar-refractivity contribution in [2.75, 3.05) is 0 Å². The standard InChI is InChI=1S/C15H22O9/c1-7(2)11(13(18)19)23-10(17)6-5-9(16)15(22)24-12(8(3)4)14(20)21/h7-8,11-12H,5-6H2,1-4H3,(H,18,19)(H,20,21). The summed E-state index contributed by atoms with van der Waals surface area (Å²) in [7, 11) is 0. The van der Waals surface area contributed by atoms with Crippen LogP contribution in [0.5, 0.6) is 0 Å². The number of carboxylic acids is 2. The zero-order valence-electron chi connectivity index (χ0n) is 14.0. The molecule has 0 radical (unpaired) electrons. The second-order valence-electron chi connectivity index (χ2n) is 5.82. The van der Waals surface area contributed by atoms with Crippen LogP contribution in [-0.4, -0.2) is 52.1 Å². The summed E-state index contributed by atoms with van der Waals surface area (Å²) in [5, 5.41) is 17.8. The van der Waals surface area contributed by atoms with E-state index in [9.17, 15) is 24.0 Å². The summed E-state index contributed by atoms with van der Waals surface area (Å²) in [4.78, 5) is 56.5. The van der Waals surface area contributed by atoms with Crippen molar-refractivity contribution in [3.63, 3.8) is 0 Å². The first-order valence-electron chi connectivity index (χ1n) is 7.36. The van der Waals surface area contributed by atoms with Crippen LogP contribution in [0.15, 0.2) is 0 Å². The summed E-state index contributed by atoms with van der Waals surface area (Å²) in [5.74, 6) is -7.09. The third-order valence-corrected chi connectivity index (χ3v) is 2.97. The van der Waals surface area contributed by atoms with Crippen LogP contribution in [0.25, 0.3) is 0 Å². The quantitative estimate of drug-likeness (QED) is 0.430. The van der Waals surface area contributed by atoms with Gasteiger partial charge in [-0.1, -0.05) is 27.7 Å². The largest absolute Gasteiger partial charge is 0.478 e. The lowest BCUT2D eigenvalue weighted by molar-refractivity contribution is -0.171. The van der Waals surface area contributed by atoms with Gasteiger partial charge in [0.25, 0.3) is 0 Å². The average Bonchev–Trinajstić information content (AvgIpc) is 2.45. The average molecular weight is 346 g/mol. The highest BCUT2D eigenvalue weighted by atomic mass is 16.6. The molecule has 136 valence electrons. The Morgan fingerprint density at radius 1 is 0.750 bits per heavy atom. The van der Waals surface area contributed by atoms with Crippen LogP contribution in [-0.2, 0) is 33.4 Å². The molecule has 0 aromatic heterocycles. The van der Waals surface area contributed by atoms with Gasteiger partial charge in [-0.25, -0.2) is 14.4 Å². The maximum absolute atomic E-state index is 11.6. The van der Waals surface area contributed by atoms with E-state index in [1.807, 2.05) is 0 Å². The fraction of sp³-hybridized carbons (Fsp3) is 0.667. The number of ether oxygens (including phenoxy) is 2. The predicted octanol–water partition coefficient (Wildman–Crippen LogP) is 0.641. The molecule has 0 rings (SSSR count). The number of carbonyl (C=O) groups excluding carboxylic acids is 3. The van der Waals surface area contributed by atoms with Crippen molar-refractivity contribution in [3.05, 3.63) is 0 Å². The van der Waals surface area contributed by atoms with Gasteiger partial charge in [-0.2, -0.15) is 0 Å². The van der Waals surface area contributed by atoms with E-state index in [0.717, 1.165) is 0 Å². The third kappa shape index (κ3) is 7.21. The molecule has 2 atom stereocenters. The normalized spacial score (nSPS) is 13.2. The molecule has 24 heavy (non-hydrogen) atoms. The molecule has 0 aliphatic heterocycles. The minimum Gasteiger partial charge on any atom is -0.478 e. The molecule has 9 nitrogen and oxygen atoms in total. The number of ketones is 1. The van der Waals surface area contributed by atoms with Crippen molar-refractivity contribution >= 4 is 29.7 Å². The minimum absolute atomic E-state index is 0.463. The van der Waals surface area contributed by atoms with E-state index in [1.54, 1.807) is 13.8 Å². The Labute approximate surface area is 138 Å². The number of esters is 2. The van der Waals surface area contributed by atoms with Gasteiger partial charge in [-0.15, -0.1) is 0 Å². The molecule has 2 unspecified atom stereocenters. The highest BCUT2D eigenvalue weighted by molar-refractivity contribution is 6.34. The molecule has 0 amide bonds. The Morgan fingerprint density at radius 3 is 1.54 bits per heavy atom. The monoisotopic (exact) mass is 346 g/mol. The summed E-state index contributed by atoms with van der Waals surface area (Å²) < 4.78 is 9.31. The van der Waals surface area contributed by atoms with Crippen molar-refractivity contribution in [2.45, 2.75) is 52.7 Å². The van der Waals surface area contributed by atoms with Gasteiger partial charge >= 0.3 is 23.9 Å². The summed E-state index contributed by atoms with van der Waals surface area (Å²) in [5.41, 5.74) is 0. The lowest BCUT2D eigenvalue weighted by atomic mass is 10.1. The number of carbonyl (C=O) groups is 5. The van der Waals surface area contributed by atoms with E-state index in [2.05, 4.69) is 4.74 Å². The maximum atomic E-state index is 11.6. The lowest BCUT2D eigenvalue weighted by Crippen LogP contribution is -2.35. The first kappa shape index (κ1) is 21.6. The molecule has 0 bridgehead atoms. The number of Topliss-reactive ketones (excluding diaryl/α,β-unsaturated/α-hetero) is 1. The van der Waals surface area contributed by atoms with Gasteiger partial charge in [0.15, 0.2) is 0 Å². The van der Waals surface area contributed by atoms with Gasteiger partial charge in [-0.3, -0.25) is 9.59 Å². The Hall–Kier alpha value is -2.45. The number of hydrogen-bond acceptors (Lipinski definition) is 7. The fourth-order valence-electron chi connectivity index (χ4n) is 1.64. The molecule has 0 aromatic carbocycles. The molecule has 0 fully saturated rings. The molecule has 0 saturated carbocycles. The Kier molecular flexibility index (Phi) is 8.65. The van der Waals surface area contributed by atoms with E-state index in [4.69, 9.17) is 14.9 Å². The van der Waals surface area contributed by atoms with Crippen molar-refractivity contribution < 1.29 is 43.7 Å². The number of aliphatic carboxylic acids is 2. The zero-order chi connectivity index (χ0) is 19.0. The SMILES string of the molecule is CC(C)C(OC(=O)CCC(=O)C(=O)OC(C(=O)O)C(C)C)C(=O)O. The van der Waals surface area contributed by atoms with Crippen LogP contribution in [0.1, 0.15) is 40.5 Å². The van der Waals surface area contributed by atoms with Crippen LogP contribution in [0, 0.1) is 11.8 Å². The molecule has 0 heterocycles. The molecule has 0 saturated heterocycles. The molecule has 0 aliphatic carbocycles. The number of hydrogen-bond donors (Lipinski definition) is 2. The smallest absolute Gasteiger partial charge is 0.375 e. The van der Waals surface area contributed by atoms with Crippen molar-refractivity contribution in [1.82, 2.24) is 0 Å². The first-order chi connectivity index (χ1) is 11.0. The maximum Gasteiger partial charge on any atom is 0.375 e. The Bertz CT molecular complexity index is 507. The molecule has 0 aromatic rings. The predicted molar refractivity (Wildman–Crippen MR) is 78.9 cm³/mol. The van der Waals surface area contributed by atoms with Crippen molar-refractivity contribution in [2.24, 2.45) is 11.8 Å². The van der Waals surface area contributed by atoms with E-state index in [1.165, 1.54) is 13.8 Å². The van der Waals surface area contributed by atoms with Gasteiger partial charge < -0.3 is 19.7 Å². The molecule has 9 heteroatoms. The van der Waals surface area contributed by atoms with Crippen LogP contribution in [0.4, 0.5) is 0 Å². The topological polar surface area (TPSA) is 144 Å². The van der Waals surface area contributed by atoms with Crippen molar-refractivity contribution in [3.8, 4) is 0 Å². The Morgan fingerprint density at radius 2 is 1.17 bits per heavy atom. The third-order valence-electron chi connectivity index (χ3n) is 2.97. The Balaban J connectivity index is 4.52. The summed E-state index contributed by atoms with van der Waals surface area (Å²) in [6.07, 6.45) is -3.89. The van der Waals surface area contributed by atoms with E-state index >= 15 is 0 Å².